The molecule has 1 aromatic rings. The van der Waals surface area contributed by atoms with Crippen molar-refractivity contribution in [1.82, 2.24) is 0 Å². The molecule has 4 heteroatoms. The molecule has 3 unspecified atom stereocenters. The highest BCUT2D eigenvalue weighted by molar-refractivity contribution is 6.31. The quantitative estimate of drug-likeness (QED) is 0.774. The zero-order valence-electron chi connectivity index (χ0n) is 12.2. The van der Waals surface area contributed by atoms with Crippen molar-refractivity contribution in [1.29, 1.82) is 0 Å². The monoisotopic (exact) mass is 296 g/mol. The number of hydrogen-bond donors (Lipinski definition) is 0. The maximum absolute atomic E-state index is 11.2. The van der Waals surface area contributed by atoms with Crippen molar-refractivity contribution in [3.05, 3.63) is 22.7 Å². The van der Waals surface area contributed by atoms with Gasteiger partial charge < -0.3 is 9.47 Å². The van der Waals surface area contributed by atoms with Crippen LogP contribution in [0, 0.1) is 11.8 Å². The minimum Gasteiger partial charge on any atom is -0.493 e. The standard InChI is InChI=1S/C16H21ClO3/c1-10-4-5-14(6-11(10)2)20-16-12(9-18)7-13(17)8-15(16)19-3/h7-11,14H,4-6H2,1-3H3. The van der Waals surface area contributed by atoms with E-state index < -0.39 is 0 Å². The maximum Gasteiger partial charge on any atom is 0.172 e. The summed E-state index contributed by atoms with van der Waals surface area (Å²) in [5.74, 6) is 2.39. The summed E-state index contributed by atoms with van der Waals surface area (Å²) in [6, 6.07) is 3.29. The van der Waals surface area contributed by atoms with Crippen LogP contribution in [0.4, 0.5) is 0 Å². The molecule has 3 nitrogen and oxygen atoms in total. The van der Waals surface area contributed by atoms with Gasteiger partial charge >= 0.3 is 0 Å². The highest BCUT2D eigenvalue weighted by Crippen LogP contribution is 2.38. The Morgan fingerprint density at radius 2 is 2.00 bits per heavy atom. The molecule has 110 valence electrons. The topological polar surface area (TPSA) is 35.5 Å². The SMILES string of the molecule is COc1cc(Cl)cc(C=O)c1OC1CCC(C)C(C)C1. The van der Waals surface area contributed by atoms with Gasteiger partial charge in [0.15, 0.2) is 17.8 Å². The Morgan fingerprint density at radius 1 is 1.25 bits per heavy atom. The molecule has 20 heavy (non-hydrogen) atoms. The van der Waals surface area contributed by atoms with Crippen LogP contribution < -0.4 is 9.47 Å². The predicted molar refractivity (Wildman–Crippen MR) is 80.0 cm³/mol. The van der Waals surface area contributed by atoms with Gasteiger partial charge in [0.1, 0.15) is 0 Å². The molecule has 3 atom stereocenters. The number of ether oxygens (including phenoxy) is 2. The molecule has 0 N–H and O–H groups in total. The third kappa shape index (κ3) is 3.26. The van der Waals surface area contributed by atoms with Gasteiger partial charge in [-0.2, -0.15) is 0 Å². The molecule has 2 rings (SSSR count). The maximum atomic E-state index is 11.2. The Kier molecular flexibility index (Phi) is 4.92. The van der Waals surface area contributed by atoms with E-state index in [-0.39, 0.29) is 6.10 Å². The fraction of sp³-hybridized carbons (Fsp3) is 0.562. The summed E-state index contributed by atoms with van der Waals surface area (Å²) in [5.41, 5.74) is 0.445. The summed E-state index contributed by atoms with van der Waals surface area (Å²) >= 11 is 5.97. The number of carbonyl (C=O) groups is 1. The number of rotatable bonds is 4. The molecule has 0 heterocycles. The summed E-state index contributed by atoms with van der Waals surface area (Å²) in [6.07, 6.45) is 4.06. The molecule has 0 radical (unpaired) electrons. The van der Waals surface area contributed by atoms with Crippen LogP contribution in [-0.4, -0.2) is 19.5 Å². The average Bonchev–Trinajstić information content (AvgIpc) is 2.44. The van der Waals surface area contributed by atoms with Crippen LogP contribution in [0.1, 0.15) is 43.5 Å². The first kappa shape index (κ1) is 15.2. The van der Waals surface area contributed by atoms with Crippen LogP contribution in [0.5, 0.6) is 11.5 Å². The van der Waals surface area contributed by atoms with Crippen LogP contribution >= 0.6 is 11.6 Å². The zero-order chi connectivity index (χ0) is 14.7. The number of benzene rings is 1. The highest BCUT2D eigenvalue weighted by Gasteiger charge is 2.27. The first-order valence-electron chi connectivity index (χ1n) is 7.04. The number of hydrogen-bond acceptors (Lipinski definition) is 3. The Morgan fingerprint density at radius 3 is 2.60 bits per heavy atom. The van der Waals surface area contributed by atoms with Gasteiger partial charge in [0.25, 0.3) is 0 Å². The summed E-state index contributed by atoms with van der Waals surface area (Å²) < 4.78 is 11.3. The first-order chi connectivity index (χ1) is 9.55. The first-order valence-corrected chi connectivity index (χ1v) is 7.42. The van der Waals surface area contributed by atoms with Gasteiger partial charge in [-0.15, -0.1) is 0 Å². The average molecular weight is 297 g/mol. The lowest BCUT2D eigenvalue weighted by Gasteiger charge is -2.32. The fourth-order valence-electron chi connectivity index (χ4n) is 2.73. The smallest absolute Gasteiger partial charge is 0.172 e. The Labute approximate surface area is 125 Å². The highest BCUT2D eigenvalue weighted by atomic mass is 35.5. The summed E-state index contributed by atoms with van der Waals surface area (Å²) in [6.45, 7) is 4.53. The molecule has 1 aromatic carbocycles. The van der Waals surface area contributed by atoms with Crippen LogP contribution in [0.25, 0.3) is 0 Å². The molecular weight excluding hydrogens is 276 g/mol. The fourth-order valence-corrected chi connectivity index (χ4v) is 2.94. The van der Waals surface area contributed by atoms with E-state index in [9.17, 15) is 4.79 Å². The molecule has 1 aliphatic rings. The van der Waals surface area contributed by atoms with Crippen molar-refractivity contribution in [2.24, 2.45) is 11.8 Å². The molecule has 0 bridgehead atoms. The Bertz CT molecular complexity index is 487. The van der Waals surface area contributed by atoms with Crippen molar-refractivity contribution in [3.8, 4) is 11.5 Å². The normalized spacial score (nSPS) is 26.1. The molecule has 1 fully saturated rings. The molecule has 0 spiro atoms. The third-order valence-corrected chi connectivity index (χ3v) is 4.45. The second-order valence-corrected chi connectivity index (χ2v) is 6.09. The molecular formula is C16H21ClO3. The minimum atomic E-state index is 0.134. The Hall–Kier alpha value is -1.22. The third-order valence-electron chi connectivity index (χ3n) is 4.23. The van der Waals surface area contributed by atoms with Gasteiger partial charge in [-0.1, -0.05) is 25.4 Å². The second-order valence-electron chi connectivity index (χ2n) is 5.65. The van der Waals surface area contributed by atoms with E-state index in [4.69, 9.17) is 21.1 Å². The van der Waals surface area contributed by atoms with E-state index in [2.05, 4.69) is 13.8 Å². The van der Waals surface area contributed by atoms with E-state index in [1.165, 1.54) is 0 Å². The number of aldehydes is 1. The van der Waals surface area contributed by atoms with Gasteiger partial charge in [0.2, 0.25) is 0 Å². The molecule has 0 saturated heterocycles. The van der Waals surface area contributed by atoms with Gasteiger partial charge in [0, 0.05) is 11.1 Å². The molecule has 1 aliphatic carbocycles. The molecule has 1 saturated carbocycles. The summed E-state index contributed by atoms with van der Waals surface area (Å²) in [7, 11) is 1.55. The molecule has 0 aromatic heterocycles. The Balaban J connectivity index is 2.22. The van der Waals surface area contributed by atoms with Crippen LogP contribution in [0.2, 0.25) is 5.02 Å². The zero-order valence-corrected chi connectivity index (χ0v) is 12.9. The second kappa shape index (κ2) is 6.49. The summed E-state index contributed by atoms with van der Waals surface area (Å²) in [4.78, 5) is 11.2. The van der Waals surface area contributed by atoms with Crippen LogP contribution in [0.3, 0.4) is 0 Å². The van der Waals surface area contributed by atoms with Gasteiger partial charge in [-0.05, 0) is 37.2 Å². The van der Waals surface area contributed by atoms with Crippen molar-refractivity contribution >= 4 is 17.9 Å². The van der Waals surface area contributed by atoms with Gasteiger partial charge in [-0.3, -0.25) is 4.79 Å². The molecule has 0 aliphatic heterocycles. The predicted octanol–water partition coefficient (Wildman–Crippen LogP) is 4.36. The lowest BCUT2D eigenvalue weighted by Crippen LogP contribution is -2.29. The summed E-state index contributed by atoms with van der Waals surface area (Å²) in [5, 5.41) is 0.474. The van der Waals surface area contributed by atoms with Crippen molar-refractivity contribution in [3.63, 3.8) is 0 Å². The van der Waals surface area contributed by atoms with E-state index in [0.29, 0.717) is 28.0 Å². The lowest BCUT2D eigenvalue weighted by atomic mass is 9.80. The largest absolute Gasteiger partial charge is 0.493 e. The van der Waals surface area contributed by atoms with E-state index in [0.717, 1.165) is 31.5 Å². The van der Waals surface area contributed by atoms with E-state index in [1.807, 2.05) is 0 Å². The van der Waals surface area contributed by atoms with Crippen molar-refractivity contribution < 1.29 is 14.3 Å². The van der Waals surface area contributed by atoms with E-state index in [1.54, 1.807) is 19.2 Å². The minimum absolute atomic E-state index is 0.134. The van der Waals surface area contributed by atoms with Crippen LogP contribution in [-0.2, 0) is 0 Å². The van der Waals surface area contributed by atoms with Gasteiger partial charge in [-0.25, -0.2) is 0 Å². The van der Waals surface area contributed by atoms with E-state index >= 15 is 0 Å². The lowest BCUT2D eigenvalue weighted by molar-refractivity contribution is 0.0950. The number of halogens is 1. The van der Waals surface area contributed by atoms with Crippen molar-refractivity contribution in [2.75, 3.05) is 7.11 Å². The number of carbonyl (C=O) groups excluding carboxylic acids is 1. The van der Waals surface area contributed by atoms with Gasteiger partial charge in [0.05, 0.1) is 18.8 Å². The van der Waals surface area contributed by atoms with Crippen LogP contribution in [0.15, 0.2) is 12.1 Å². The molecule has 0 amide bonds. The number of methoxy groups -OCH3 is 1. The van der Waals surface area contributed by atoms with Crippen molar-refractivity contribution in [2.45, 2.75) is 39.2 Å².